The first-order valence-corrected chi connectivity index (χ1v) is 11.9. The van der Waals surface area contributed by atoms with Crippen molar-refractivity contribution in [2.75, 3.05) is 37.6 Å². The average Bonchev–Trinajstić information content (AvgIpc) is 2.83. The van der Waals surface area contributed by atoms with Gasteiger partial charge >= 0.3 is 0 Å². The monoisotopic (exact) mass is 421 g/mol. The van der Waals surface area contributed by atoms with Gasteiger partial charge in [0, 0.05) is 37.8 Å². The smallest absolute Gasteiger partial charge is 0.224 e. The van der Waals surface area contributed by atoms with Crippen LogP contribution in [0.2, 0.25) is 0 Å². The van der Waals surface area contributed by atoms with E-state index < -0.39 is 0 Å². The molecule has 0 aliphatic carbocycles. The first kappa shape index (κ1) is 21.8. The van der Waals surface area contributed by atoms with Gasteiger partial charge in [0.1, 0.15) is 0 Å². The molecule has 1 N–H and O–H groups in total. The lowest BCUT2D eigenvalue weighted by Gasteiger charge is -2.34. The van der Waals surface area contributed by atoms with Crippen LogP contribution in [0.15, 0.2) is 42.5 Å². The first-order valence-electron chi connectivity index (χ1n) is 11.9. The van der Waals surface area contributed by atoms with Crippen LogP contribution < -0.4 is 10.2 Å². The fourth-order valence-corrected chi connectivity index (χ4v) is 4.78. The quantitative estimate of drug-likeness (QED) is 0.690. The highest BCUT2D eigenvalue weighted by Gasteiger charge is 2.26. The maximum Gasteiger partial charge on any atom is 0.224 e. The highest BCUT2D eigenvalue weighted by Crippen LogP contribution is 2.23. The van der Waals surface area contributed by atoms with Crippen molar-refractivity contribution in [3.8, 4) is 11.3 Å². The predicted molar refractivity (Wildman–Crippen MR) is 125 cm³/mol. The summed E-state index contributed by atoms with van der Waals surface area (Å²) in [5.41, 5.74) is 1.94. The van der Waals surface area contributed by atoms with Crippen LogP contribution in [0.5, 0.6) is 0 Å². The van der Waals surface area contributed by atoms with Gasteiger partial charge in [-0.05, 0) is 57.7 Å². The van der Waals surface area contributed by atoms with Gasteiger partial charge in [0.2, 0.25) is 5.91 Å². The van der Waals surface area contributed by atoms with Crippen molar-refractivity contribution >= 4 is 11.7 Å². The summed E-state index contributed by atoms with van der Waals surface area (Å²) in [5, 5.41) is 12.0. The Bertz CT molecular complexity index is 826. The third kappa shape index (κ3) is 5.82. The number of benzene rings is 1. The molecule has 1 aromatic carbocycles. The zero-order valence-electron chi connectivity index (χ0n) is 18.7. The molecule has 0 radical (unpaired) electrons. The van der Waals surface area contributed by atoms with Crippen LogP contribution in [0.1, 0.15) is 45.4 Å². The minimum absolute atomic E-state index is 0.0262. The van der Waals surface area contributed by atoms with E-state index in [1.807, 2.05) is 42.5 Å². The van der Waals surface area contributed by atoms with Crippen LogP contribution in [-0.4, -0.2) is 59.8 Å². The van der Waals surface area contributed by atoms with Gasteiger partial charge in [-0.2, -0.15) is 0 Å². The van der Waals surface area contributed by atoms with E-state index in [1.165, 1.54) is 25.8 Å². The molecule has 2 aliphatic rings. The number of likely N-dealkylation sites (tertiary alicyclic amines) is 1. The number of nitrogens with one attached hydrogen (secondary N) is 1. The molecular formula is C25H35N5O. The van der Waals surface area contributed by atoms with Crippen LogP contribution in [0.3, 0.4) is 0 Å². The number of carbonyl (C=O) groups excluding carboxylic acids is 1. The van der Waals surface area contributed by atoms with E-state index in [1.54, 1.807) is 0 Å². The molecule has 2 atom stereocenters. The molecule has 0 bridgehead atoms. The summed E-state index contributed by atoms with van der Waals surface area (Å²) in [5.74, 6) is 1.07. The number of amides is 1. The summed E-state index contributed by atoms with van der Waals surface area (Å²) < 4.78 is 0. The van der Waals surface area contributed by atoms with Crippen LogP contribution in [0.4, 0.5) is 5.82 Å². The number of aromatic nitrogens is 2. The fourth-order valence-electron chi connectivity index (χ4n) is 4.78. The average molecular weight is 422 g/mol. The Morgan fingerprint density at radius 1 is 1.03 bits per heavy atom. The van der Waals surface area contributed by atoms with Crippen molar-refractivity contribution in [2.45, 2.75) is 51.5 Å². The SMILES string of the molecule is C[C@H]1CCCCN1CCCNC(=O)[C@H]1CCCN(c2ccc(-c3ccccc3)nn2)C1. The molecule has 166 valence electrons. The number of rotatable bonds is 7. The Morgan fingerprint density at radius 3 is 2.68 bits per heavy atom. The first-order chi connectivity index (χ1) is 15.2. The summed E-state index contributed by atoms with van der Waals surface area (Å²) in [4.78, 5) is 17.5. The highest BCUT2D eigenvalue weighted by molar-refractivity contribution is 5.79. The Morgan fingerprint density at radius 2 is 1.90 bits per heavy atom. The molecule has 6 heteroatoms. The van der Waals surface area contributed by atoms with Crippen molar-refractivity contribution in [2.24, 2.45) is 5.92 Å². The van der Waals surface area contributed by atoms with Gasteiger partial charge < -0.3 is 15.1 Å². The minimum atomic E-state index is 0.0262. The predicted octanol–water partition coefficient (Wildman–Crippen LogP) is 3.74. The second-order valence-electron chi connectivity index (χ2n) is 8.95. The van der Waals surface area contributed by atoms with Gasteiger partial charge in [-0.25, -0.2) is 0 Å². The molecule has 31 heavy (non-hydrogen) atoms. The van der Waals surface area contributed by atoms with E-state index in [0.717, 1.165) is 56.0 Å². The van der Waals surface area contributed by atoms with E-state index in [9.17, 15) is 4.79 Å². The van der Waals surface area contributed by atoms with Gasteiger partial charge in [0.05, 0.1) is 11.6 Å². The molecule has 6 nitrogen and oxygen atoms in total. The highest BCUT2D eigenvalue weighted by atomic mass is 16.1. The number of nitrogens with zero attached hydrogens (tertiary/aromatic N) is 4. The maximum atomic E-state index is 12.7. The molecule has 4 rings (SSSR count). The second kappa shape index (κ2) is 10.7. The van der Waals surface area contributed by atoms with E-state index in [4.69, 9.17) is 0 Å². The molecule has 2 aliphatic heterocycles. The standard InChI is InChI=1S/C25H35N5O/c1-20-9-5-6-16-29(20)18-8-15-26-25(31)22-12-7-17-30(19-22)24-14-13-23(27-28-24)21-10-3-2-4-11-21/h2-4,10-11,13-14,20,22H,5-9,12,15-19H2,1H3,(H,26,31)/t20-,22-/m0/s1. The van der Waals surface area contributed by atoms with Crippen molar-refractivity contribution in [3.63, 3.8) is 0 Å². The lowest BCUT2D eigenvalue weighted by molar-refractivity contribution is -0.125. The lowest BCUT2D eigenvalue weighted by atomic mass is 9.97. The van der Waals surface area contributed by atoms with Crippen LogP contribution >= 0.6 is 0 Å². The molecule has 2 aromatic rings. The van der Waals surface area contributed by atoms with Crippen molar-refractivity contribution in [1.29, 1.82) is 0 Å². The fraction of sp³-hybridized carbons (Fsp3) is 0.560. The van der Waals surface area contributed by atoms with E-state index in [0.29, 0.717) is 12.6 Å². The van der Waals surface area contributed by atoms with E-state index in [2.05, 4.69) is 32.2 Å². The Kier molecular flexibility index (Phi) is 7.52. The molecule has 0 spiro atoms. The second-order valence-corrected chi connectivity index (χ2v) is 8.95. The Balaban J connectivity index is 1.24. The van der Waals surface area contributed by atoms with Gasteiger partial charge in [-0.1, -0.05) is 36.8 Å². The van der Waals surface area contributed by atoms with Gasteiger partial charge in [-0.15, -0.1) is 10.2 Å². The van der Waals surface area contributed by atoms with Gasteiger partial charge in [-0.3, -0.25) is 4.79 Å². The number of piperidine rings is 2. The van der Waals surface area contributed by atoms with Gasteiger partial charge in [0.15, 0.2) is 5.82 Å². The third-order valence-corrected chi connectivity index (χ3v) is 6.70. The maximum absolute atomic E-state index is 12.7. The van der Waals surface area contributed by atoms with Crippen LogP contribution in [0.25, 0.3) is 11.3 Å². The summed E-state index contributed by atoms with van der Waals surface area (Å²) in [6.45, 7) is 7.02. The van der Waals surface area contributed by atoms with Crippen molar-refractivity contribution < 1.29 is 4.79 Å². The van der Waals surface area contributed by atoms with Crippen LogP contribution in [-0.2, 0) is 4.79 Å². The number of carbonyl (C=O) groups is 1. The zero-order chi connectivity index (χ0) is 21.5. The van der Waals surface area contributed by atoms with E-state index >= 15 is 0 Å². The Hall–Kier alpha value is -2.47. The molecule has 0 saturated carbocycles. The lowest BCUT2D eigenvalue weighted by Crippen LogP contribution is -2.44. The number of hydrogen-bond acceptors (Lipinski definition) is 5. The molecule has 0 unspecified atom stereocenters. The topological polar surface area (TPSA) is 61.4 Å². The van der Waals surface area contributed by atoms with Gasteiger partial charge in [0.25, 0.3) is 0 Å². The summed E-state index contributed by atoms with van der Waals surface area (Å²) >= 11 is 0. The number of hydrogen-bond donors (Lipinski definition) is 1. The molecule has 1 aromatic heterocycles. The largest absolute Gasteiger partial charge is 0.356 e. The zero-order valence-corrected chi connectivity index (χ0v) is 18.7. The third-order valence-electron chi connectivity index (χ3n) is 6.70. The summed E-state index contributed by atoms with van der Waals surface area (Å²) in [7, 11) is 0. The Labute approximate surface area is 186 Å². The molecule has 2 fully saturated rings. The molecule has 2 saturated heterocycles. The van der Waals surface area contributed by atoms with Crippen molar-refractivity contribution in [1.82, 2.24) is 20.4 Å². The molecular weight excluding hydrogens is 386 g/mol. The normalized spacial score (nSPS) is 22.3. The molecule has 3 heterocycles. The van der Waals surface area contributed by atoms with E-state index in [-0.39, 0.29) is 11.8 Å². The summed E-state index contributed by atoms with van der Waals surface area (Å²) in [6, 6.07) is 14.8. The molecule has 1 amide bonds. The van der Waals surface area contributed by atoms with Crippen molar-refractivity contribution in [3.05, 3.63) is 42.5 Å². The minimum Gasteiger partial charge on any atom is -0.356 e. The number of anilines is 1. The van der Waals surface area contributed by atoms with Crippen LogP contribution in [0, 0.1) is 5.92 Å². The summed E-state index contributed by atoms with van der Waals surface area (Å²) in [6.07, 6.45) is 6.95.